The molecular formula is C19H30N6O9. The van der Waals surface area contributed by atoms with E-state index in [2.05, 4.69) is 10.6 Å². The van der Waals surface area contributed by atoms with Crippen LogP contribution in [0.4, 0.5) is 0 Å². The first-order valence-electron chi connectivity index (χ1n) is 10.5. The van der Waals surface area contributed by atoms with Crippen molar-refractivity contribution in [3.8, 4) is 0 Å². The van der Waals surface area contributed by atoms with Gasteiger partial charge in [0.2, 0.25) is 29.5 Å². The highest BCUT2D eigenvalue weighted by atomic mass is 16.4. The minimum absolute atomic E-state index is 0.110. The second kappa shape index (κ2) is 13.1. The molecule has 4 unspecified atom stereocenters. The topological polar surface area (TPSA) is 265 Å². The Bertz CT molecular complexity index is 833. The molecule has 1 aliphatic rings. The Hall–Kier alpha value is -3.75. The quantitative estimate of drug-likeness (QED) is 0.126. The van der Waals surface area contributed by atoms with Crippen LogP contribution in [0.2, 0.25) is 0 Å². The standard InChI is InChI=1S/C19H30N6O9/c20-9(8-14(22)27)16(30)23-10(3-5-13(21)26)17(31)24-11(4-6-15(28)29)18(32)25-7-1-2-12(25)19(33)34/h9-12H,1-8,20H2,(H2,21,26)(H2,22,27)(H,23,30)(H,24,31)(H,28,29)(H,33,34). The van der Waals surface area contributed by atoms with Crippen molar-refractivity contribution in [2.24, 2.45) is 17.2 Å². The van der Waals surface area contributed by atoms with E-state index in [1.165, 1.54) is 0 Å². The lowest BCUT2D eigenvalue weighted by Gasteiger charge is -2.28. The number of carboxylic acids is 2. The Morgan fingerprint density at radius 3 is 2.00 bits per heavy atom. The van der Waals surface area contributed by atoms with Crippen LogP contribution < -0.4 is 27.8 Å². The van der Waals surface area contributed by atoms with E-state index in [1.807, 2.05) is 0 Å². The highest BCUT2D eigenvalue weighted by Crippen LogP contribution is 2.19. The number of rotatable bonds is 14. The summed E-state index contributed by atoms with van der Waals surface area (Å²) in [6.07, 6.45) is -1.36. The maximum absolute atomic E-state index is 13.0. The van der Waals surface area contributed by atoms with Gasteiger partial charge in [-0.2, -0.15) is 0 Å². The molecule has 1 fully saturated rings. The number of nitrogens with one attached hydrogen (secondary N) is 2. The number of carbonyl (C=O) groups excluding carboxylic acids is 5. The van der Waals surface area contributed by atoms with Crippen LogP contribution in [0.1, 0.15) is 44.9 Å². The second-order valence-corrected chi connectivity index (χ2v) is 7.86. The average molecular weight is 486 g/mol. The van der Waals surface area contributed by atoms with Crippen molar-refractivity contribution in [3.63, 3.8) is 0 Å². The lowest BCUT2D eigenvalue weighted by Crippen LogP contribution is -2.57. The Morgan fingerprint density at radius 2 is 1.47 bits per heavy atom. The highest BCUT2D eigenvalue weighted by molar-refractivity contribution is 5.95. The fraction of sp³-hybridized carbons (Fsp3) is 0.632. The highest BCUT2D eigenvalue weighted by Gasteiger charge is 2.38. The zero-order valence-electron chi connectivity index (χ0n) is 18.4. The largest absolute Gasteiger partial charge is 0.481 e. The molecule has 0 aliphatic carbocycles. The SMILES string of the molecule is NC(=O)CCC(NC(=O)C(N)CC(N)=O)C(=O)NC(CCC(=O)O)C(=O)N1CCCC1C(=O)O. The Balaban J connectivity index is 3.05. The van der Waals surface area contributed by atoms with Crippen molar-refractivity contribution >= 4 is 41.5 Å². The third kappa shape index (κ3) is 9.01. The third-order valence-corrected chi connectivity index (χ3v) is 5.15. The van der Waals surface area contributed by atoms with Crippen molar-refractivity contribution in [1.82, 2.24) is 15.5 Å². The van der Waals surface area contributed by atoms with E-state index >= 15 is 0 Å². The summed E-state index contributed by atoms with van der Waals surface area (Å²) >= 11 is 0. The molecule has 0 radical (unpaired) electrons. The maximum atomic E-state index is 13.0. The van der Waals surface area contributed by atoms with Gasteiger partial charge in [0.25, 0.3) is 0 Å². The van der Waals surface area contributed by atoms with Gasteiger partial charge in [-0.3, -0.25) is 28.8 Å². The summed E-state index contributed by atoms with van der Waals surface area (Å²) in [5.74, 6) is -6.79. The number of carboxylic acid groups (broad SMARTS) is 2. The monoisotopic (exact) mass is 486 g/mol. The average Bonchev–Trinajstić information content (AvgIpc) is 3.22. The number of likely N-dealkylation sites (tertiary alicyclic amines) is 1. The van der Waals surface area contributed by atoms with Gasteiger partial charge in [0.15, 0.2) is 0 Å². The van der Waals surface area contributed by atoms with Crippen LogP contribution in [-0.2, 0) is 33.6 Å². The lowest BCUT2D eigenvalue weighted by atomic mass is 10.1. The van der Waals surface area contributed by atoms with Crippen molar-refractivity contribution in [2.45, 2.75) is 69.1 Å². The number of amides is 5. The molecule has 0 bridgehead atoms. The van der Waals surface area contributed by atoms with E-state index in [1.54, 1.807) is 0 Å². The summed E-state index contributed by atoms with van der Waals surface area (Å²) in [7, 11) is 0. The molecule has 5 amide bonds. The number of hydrogen-bond donors (Lipinski definition) is 7. The van der Waals surface area contributed by atoms with Gasteiger partial charge < -0.3 is 42.9 Å². The normalized spacial score (nSPS) is 17.8. The lowest BCUT2D eigenvalue weighted by molar-refractivity contribution is -0.150. The van der Waals surface area contributed by atoms with Crippen LogP contribution in [0.15, 0.2) is 0 Å². The number of nitrogens with zero attached hydrogens (tertiary/aromatic N) is 1. The molecule has 1 aliphatic heterocycles. The third-order valence-electron chi connectivity index (χ3n) is 5.15. The maximum Gasteiger partial charge on any atom is 0.326 e. The summed E-state index contributed by atoms with van der Waals surface area (Å²) in [5, 5.41) is 22.9. The molecule has 15 heteroatoms. The van der Waals surface area contributed by atoms with E-state index in [-0.39, 0.29) is 32.2 Å². The number of nitrogens with two attached hydrogens (primary N) is 3. The van der Waals surface area contributed by atoms with E-state index in [4.69, 9.17) is 22.3 Å². The number of aliphatic carboxylic acids is 2. The summed E-state index contributed by atoms with van der Waals surface area (Å²) < 4.78 is 0. The molecule has 1 rings (SSSR count). The molecule has 0 aromatic carbocycles. The zero-order valence-corrected chi connectivity index (χ0v) is 18.4. The number of hydrogen-bond acceptors (Lipinski definition) is 8. The van der Waals surface area contributed by atoms with Gasteiger partial charge in [0, 0.05) is 19.4 Å². The van der Waals surface area contributed by atoms with Crippen LogP contribution in [0.5, 0.6) is 0 Å². The Labute approximate surface area is 194 Å². The van der Waals surface area contributed by atoms with Crippen LogP contribution in [-0.4, -0.2) is 87.3 Å². The van der Waals surface area contributed by atoms with Gasteiger partial charge in [0.05, 0.1) is 12.5 Å². The van der Waals surface area contributed by atoms with Gasteiger partial charge in [-0.25, -0.2) is 4.79 Å². The minimum Gasteiger partial charge on any atom is -0.481 e. The van der Waals surface area contributed by atoms with Crippen molar-refractivity contribution in [3.05, 3.63) is 0 Å². The summed E-state index contributed by atoms with van der Waals surface area (Å²) in [6, 6.07) is -5.32. The van der Waals surface area contributed by atoms with E-state index < -0.39 is 78.5 Å². The van der Waals surface area contributed by atoms with E-state index in [0.29, 0.717) is 6.42 Å². The number of carbonyl (C=O) groups is 7. The van der Waals surface area contributed by atoms with E-state index in [0.717, 1.165) is 4.90 Å². The molecule has 0 aromatic rings. The van der Waals surface area contributed by atoms with Crippen LogP contribution in [0.3, 0.4) is 0 Å². The molecular weight excluding hydrogens is 456 g/mol. The van der Waals surface area contributed by atoms with Gasteiger partial charge in [-0.15, -0.1) is 0 Å². The second-order valence-electron chi connectivity index (χ2n) is 7.86. The first kappa shape index (κ1) is 28.3. The predicted octanol–water partition coefficient (Wildman–Crippen LogP) is -3.64. The first-order chi connectivity index (χ1) is 15.8. The molecule has 1 saturated heterocycles. The predicted molar refractivity (Wildman–Crippen MR) is 113 cm³/mol. The van der Waals surface area contributed by atoms with Gasteiger partial charge in [-0.1, -0.05) is 0 Å². The zero-order chi connectivity index (χ0) is 26.0. The number of primary amides is 2. The molecule has 4 atom stereocenters. The molecule has 1 heterocycles. The Morgan fingerprint density at radius 1 is 0.882 bits per heavy atom. The molecule has 0 spiro atoms. The molecule has 34 heavy (non-hydrogen) atoms. The van der Waals surface area contributed by atoms with Crippen molar-refractivity contribution in [2.75, 3.05) is 6.54 Å². The fourth-order valence-corrected chi connectivity index (χ4v) is 3.43. The van der Waals surface area contributed by atoms with Gasteiger partial charge in [-0.05, 0) is 25.7 Å². The summed E-state index contributed by atoms with van der Waals surface area (Å²) in [4.78, 5) is 83.8. The first-order valence-corrected chi connectivity index (χ1v) is 10.5. The van der Waals surface area contributed by atoms with Crippen molar-refractivity contribution < 1.29 is 43.8 Å². The van der Waals surface area contributed by atoms with Crippen LogP contribution in [0.25, 0.3) is 0 Å². The summed E-state index contributed by atoms with van der Waals surface area (Å²) in [6.45, 7) is 0.110. The molecule has 15 nitrogen and oxygen atoms in total. The fourth-order valence-electron chi connectivity index (χ4n) is 3.43. The van der Waals surface area contributed by atoms with Gasteiger partial charge >= 0.3 is 11.9 Å². The van der Waals surface area contributed by atoms with Gasteiger partial charge in [0.1, 0.15) is 18.1 Å². The minimum atomic E-state index is -1.41. The van der Waals surface area contributed by atoms with Crippen LogP contribution >= 0.6 is 0 Å². The molecule has 190 valence electrons. The Kier molecular flexibility index (Phi) is 10.9. The molecule has 0 saturated carbocycles. The van der Waals surface area contributed by atoms with Crippen LogP contribution in [0, 0.1) is 0 Å². The smallest absolute Gasteiger partial charge is 0.326 e. The van der Waals surface area contributed by atoms with E-state index in [9.17, 15) is 38.7 Å². The summed E-state index contributed by atoms with van der Waals surface area (Å²) in [5.41, 5.74) is 15.7. The van der Waals surface area contributed by atoms with Crippen molar-refractivity contribution in [1.29, 1.82) is 0 Å². The molecule has 10 N–H and O–H groups in total. The molecule has 0 aromatic heterocycles.